The molecule has 0 atom stereocenters. The molecule has 0 aliphatic carbocycles. The van der Waals surface area contributed by atoms with Gasteiger partial charge in [-0.15, -0.1) is 0 Å². The maximum absolute atomic E-state index is 12.3. The molecule has 3 aromatic carbocycles. The molecule has 0 amide bonds. The highest BCUT2D eigenvalue weighted by Crippen LogP contribution is 2.29. The summed E-state index contributed by atoms with van der Waals surface area (Å²) in [6, 6.07) is 20.3. The first-order valence-corrected chi connectivity index (χ1v) is 12.6. The largest absolute Gasteiger partial charge is 0.489 e. The minimum absolute atomic E-state index is 0.0340. The summed E-state index contributed by atoms with van der Waals surface area (Å²) in [4.78, 5) is 23.3. The standard InChI is InChI=1S/C29H32ClNO6/c1-2-35-16-17-37-28-18-22(9-13-29(33)34)8-12-27(28)36-15-14-21-6-10-25(11-7-21)31-20-26(32)23-4-3-5-24(30)19-23/h3-8,10-12,18-19,31H,2,9,13-17,20H2,1H3,(H,33,34). The molecule has 0 heterocycles. The number of hydrogen-bond acceptors (Lipinski definition) is 6. The summed E-state index contributed by atoms with van der Waals surface area (Å²) in [5.41, 5.74) is 3.38. The minimum Gasteiger partial charge on any atom is -0.489 e. The van der Waals surface area contributed by atoms with Crippen LogP contribution < -0.4 is 14.8 Å². The van der Waals surface area contributed by atoms with E-state index < -0.39 is 5.97 Å². The van der Waals surface area contributed by atoms with Gasteiger partial charge in [0.2, 0.25) is 0 Å². The van der Waals surface area contributed by atoms with Gasteiger partial charge in [-0.25, -0.2) is 0 Å². The number of anilines is 1. The average Bonchev–Trinajstić information content (AvgIpc) is 2.90. The van der Waals surface area contributed by atoms with Crippen molar-refractivity contribution < 1.29 is 28.9 Å². The van der Waals surface area contributed by atoms with E-state index in [1.54, 1.807) is 24.3 Å². The summed E-state index contributed by atoms with van der Waals surface area (Å²) in [6.45, 7) is 3.98. The number of benzene rings is 3. The van der Waals surface area contributed by atoms with E-state index in [1.165, 1.54) is 0 Å². The van der Waals surface area contributed by atoms with Crippen LogP contribution in [-0.4, -0.2) is 49.8 Å². The van der Waals surface area contributed by atoms with Crippen molar-refractivity contribution >= 4 is 29.0 Å². The van der Waals surface area contributed by atoms with Crippen LogP contribution in [0.15, 0.2) is 66.7 Å². The molecule has 37 heavy (non-hydrogen) atoms. The molecule has 0 saturated carbocycles. The Morgan fingerprint density at radius 2 is 1.62 bits per heavy atom. The number of ether oxygens (including phenoxy) is 3. The molecule has 0 aliphatic rings. The van der Waals surface area contributed by atoms with E-state index in [9.17, 15) is 9.59 Å². The van der Waals surface area contributed by atoms with Gasteiger partial charge in [0.1, 0.15) is 6.61 Å². The fourth-order valence-electron chi connectivity index (χ4n) is 3.56. The Labute approximate surface area is 222 Å². The first kappa shape index (κ1) is 28.0. The molecule has 0 fully saturated rings. The molecule has 0 saturated heterocycles. The molecule has 0 aromatic heterocycles. The number of halogens is 1. The number of carboxylic acid groups (broad SMARTS) is 1. The molecule has 0 radical (unpaired) electrons. The number of carboxylic acids is 1. The number of carbonyl (C=O) groups is 2. The summed E-state index contributed by atoms with van der Waals surface area (Å²) in [5.74, 6) is 0.307. The second-order valence-electron chi connectivity index (χ2n) is 8.30. The molecule has 7 nitrogen and oxygen atoms in total. The summed E-state index contributed by atoms with van der Waals surface area (Å²) in [5, 5.41) is 12.6. The highest BCUT2D eigenvalue weighted by atomic mass is 35.5. The van der Waals surface area contributed by atoms with Crippen molar-refractivity contribution in [3.05, 3.63) is 88.4 Å². The van der Waals surface area contributed by atoms with Gasteiger partial charge in [-0.1, -0.05) is 41.9 Å². The molecule has 0 aliphatic heterocycles. The van der Waals surface area contributed by atoms with Gasteiger partial charge in [-0.05, 0) is 60.9 Å². The Morgan fingerprint density at radius 3 is 2.35 bits per heavy atom. The number of nitrogens with one attached hydrogen (secondary N) is 1. The van der Waals surface area contributed by atoms with Gasteiger partial charge in [0.15, 0.2) is 17.3 Å². The topological polar surface area (TPSA) is 94.1 Å². The van der Waals surface area contributed by atoms with Crippen LogP contribution in [0.1, 0.15) is 34.8 Å². The van der Waals surface area contributed by atoms with Crippen LogP contribution in [0.2, 0.25) is 5.02 Å². The number of rotatable bonds is 16. The quantitative estimate of drug-likeness (QED) is 0.183. The van der Waals surface area contributed by atoms with Crippen molar-refractivity contribution in [2.45, 2.75) is 26.2 Å². The lowest BCUT2D eigenvalue weighted by atomic mass is 10.1. The Morgan fingerprint density at radius 1 is 0.865 bits per heavy atom. The van der Waals surface area contributed by atoms with Crippen LogP contribution in [0, 0.1) is 0 Å². The Bertz CT molecular complexity index is 1170. The van der Waals surface area contributed by atoms with Crippen LogP contribution in [0.25, 0.3) is 0 Å². The van der Waals surface area contributed by atoms with Crippen molar-refractivity contribution in [1.29, 1.82) is 0 Å². The second kappa shape index (κ2) is 14.9. The second-order valence-corrected chi connectivity index (χ2v) is 8.74. The number of aryl methyl sites for hydroxylation is 1. The third kappa shape index (κ3) is 9.79. The van der Waals surface area contributed by atoms with E-state index in [0.717, 1.165) is 16.8 Å². The normalized spacial score (nSPS) is 10.6. The van der Waals surface area contributed by atoms with Crippen molar-refractivity contribution in [3.8, 4) is 11.5 Å². The Hall–Kier alpha value is -3.55. The number of aliphatic carboxylic acids is 1. The zero-order valence-corrected chi connectivity index (χ0v) is 21.6. The maximum atomic E-state index is 12.3. The molecule has 8 heteroatoms. The molecule has 3 aromatic rings. The van der Waals surface area contributed by atoms with E-state index in [-0.39, 0.29) is 18.7 Å². The van der Waals surface area contributed by atoms with E-state index in [1.807, 2.05) is 49.4 Å². The molecule has 0 unspecified atom stereocenters. The summed E-state index contributed by atoms with van der Waals surface area (Å²) < 4.78 is 17.2. The van der Waals surface area contributed by atoms with Crippen molar-refractivity contribution in [2.75, 3.05) is 38.3 Å². The predicted molar refractivity (Wildman–Crippen MR) is 144 cm³/mol. The lowest BCUT2D eigenvalue weighted by Gasteiger charge is -2.14. The van der Waals surface area contributed by atoms with Gasteiger partial charge < -0.3 is 24.6 Å². The maximum Gasteiger partial charge on any atom is 0.303 e. The number of hydrogen-bond donors (Lipinski definition) is 2. The highest BCUT2D eigenvalue weighted by molar-refractivity contribution is 6.31. The van der Waals surface area contributed by atoms with Crippen LogP contribution in [0.4, 0.5) is 5.69 Å². The lowest BCUT2D eigenvalue weighted by Crippen LogP contribution is -2.14. The van der Waals surface area contributed by atoms with E-state index in [2.05, 4.69) is 5.32 Å². The number of ketones is 1. The molecular formula is C29H32ClNO6. The van der Waals surface area contributed by atoms with Crippen molar-refractivity contribution in [3.63, 3.8) is 0 Å². The number of carbonyl (C=O) groups excluding carboxylic acids is 1. The van der Waals surface area contributed by atoms with Crippen molar-refractivity contribution in [1.82, 2.24) is 0 Å². The van der Waals surface area contributed by atoms with Crippen LogP contribution in [-0.2, 0) is 22.4 Å². The molecular weight excluding hydrogens is 494 g/mol. The highest BCUT2D eigenvalue weighted by Gasteiger charge is 2.10. The van der Waals surface area contributed by atoms with Gasteiger partial charge in [0, 0.05) is 35.7 Å². The monoisotopic (exact) mass is 525 g/mol. The minimum atomic E-state index is -0.840. The van der Waals surface area contributed by atoms with Crippen molar-refractivity contribution in [2.24, 2.45) is 0 Å². The average molecular weight is 526 g/mol. The van der Waals surface area contributed by atoms with E-state index >= 15 is 0 Å². The van der Waals surface area contributed by atoms with E-state index in [0.29, 0.717) is 61.4 Å². The molecule has 2 N–H and O–H groups in total. The summed E-state index contributed by atoms with van der Waals surface area (Å²) >= 11 is 5.96. The number of Topliss-reactive ketones (excluding diaryl/α,β-unsaturated/α-hetero) is 1. The third-order valence-corrected chi connectivity index (χ3v) is 5.76. The Kier molecular flexibility index (Phi) is 11.3. The van der Waals surface area contributed by atoms with Gasteiger partial charge in [-0.2, -0.15) is 0 Å². The SMILES string of the molecule is CCOCCOc1cc(CCC(=O)O)ccc1OCCc1ccc(NCC(=O)c2cccc(Cl)c2)cc1. The van der Waals surface area contributed by atoms with E-state index in [4.69, 9.17) is 30.9 Å². The fourth-order valence-corrected chi connectivity index (χ4v) is 3.75. The third-order valence-electron chi connectivity index (χ3n) is 5.53. The van der Waals surface area contributed by atoms with Crippen LogP contribution in [0.3, 0.4) is 0 Å². The van der Waals surface area contributed by atoms with Gasteiger partial charge in [0.05, 0.1) is 19.8 Å². The molecule has 0 bridgehead atoms. The van der Waals surface area contributed by atoms with Gasteiger partial charge >= 0.3 is 5.97 Å². The zero-order chi connectivity index (χ0) is 26.5. The first-order valence-electron chi connectivity index (χ1n) is 12.2. The smallest absolute Gasteiger partial charge is 0.303 e. The van der Waals surface area contributed by atoms with Gasteiger partial charge in [-0.3, -0.25) is 9.59 Å². The zero-order valence-electron chi connectivity index (χ0n) is 20.9. The van der Waals surface area contributed by atoms with Crippen LogP contribution in [0.5, 0.6) is 11.5 Å². The summed E-state index contributed by atoms with van der Waals surface area (Å²) in [7, 11) is 0. The summed E-state index contributed by atoms with van der Waals surface area (Å²) in [6.07, 6.45) is 1.15. The molecule has 3 rings (SSSR count). The van der Waals surface area contributed by atoms with Gasteiger partial charge in [0.25, 0.3) is 0 Å². The lowest BCUT2D eigenvalue weighted by molar-refractivity contribution is -0.136. The first-order chi connectivity index (χ1) is 17.9. The predicted octanol–water partition coefficient (Wildman–Crippen LogP) is 5.69. The molecule has 0 spiro atoms. The molecule has 196 valence electrons. The van der Waals surface area contributed by atoms with Crippen LogP contribution >= 0.6 is 11.6 Å². The fraction of sp³-hybridized carbons (Fsp3) is 0.310. The Balaban J connectivity index is 1.51.